The van der Waals surface area contributed by atoms with Gasteiger partial charge >= 0.3 is 5.97 Å². The van der Waals surface area contributed by atoms with Crippen LogP contribution in [0.1, 0.15) is 24.8 Å². The molecule has 0 aliphatic carbocycles. The number of benzene rings is 2. The Morgan fingerprint density at radius 1 is 1.22 bits per heavy atom. The van der Waals surface area contributed by atoms with Gasteiger partial charge in [0.05, 0.1) is 19.1 Å². The standard InChI is InChI=1S/C21H22FNO4/c22-17-8-7-14(13-18-19(24)5-3-10-23-18)12-16(17)15-4-1-2-6-20(15)27-11-9-21(25)26/h1-2,4,6-8,12,18,23H,3,5,9-11,13H2,(H,25,26). The van der Waals surface area contributed by atoms with Crippen molar-refractivity contribution in [3.8, 4) is 16.9 Å². The number of carbonyl (C=O) groups is 2. The first kappa shape index (κ1) is 19.0. The zero-order chi connectivity index (χ0) is 19.2. The summed E-state index contributed by atoms with van der Waals surface area (Å²) in [5.74, 6) is -0.729. The molecule has 0 radical (unpaired) electrons. The molecule has 1 atom stereocenters. The quantitative estimate of drug-likeness (QED) is 0.782. The summed E-state index contributed by atoms with van der Waals surface area (Å²) >= 11 is 0. The number of carbonyl (C=O) groups excluding carboxylic acids is 1. The Labute approximate surface area is 157 Å². The number of para-hydroxylation sites is 1. The predicted molar refractivity (Wildman–Crippen MR) is 99.3 cm³/mol. The molecule has 27 heavy (non-hydrogen) atoms. The van der Waals surface area contributed by atoms with Crippen molar-refractivity contribution in [1.29, 1.82) is 0 Å². The number of carboxylic acid groups (broad SMARTS) is 1. The Hall–Kier alpha value is -2.73. The number of hydrogen-bond acceptors (Lipinski definition) is 4. The number of piperidine rings is 1. The first-order chi connectivity index (χ1) is 13.0. The van der Waals surface area contributed by atoms with Crippen molar-refractivity contribution in [3.05, 3.63) is 53.8 Å². The lowest BCUT2D eigenvalue weighted by Crippen LogP contribution is -2.43. The van der Waals surface area contributed by atoms with E-state index >= 15 is 0 Å². The van der Waals surface area contributed by atoms with Crippen LogP contribution in [0.3, 0.4) is 0 Å². The molecule has 1 aliphatic rings. The number of hydrogen-bond donors (Lipinski definition) is 2. The van der Waals surface area contributed by atoms with Gasteiger partial charge in [-0.05, 0) is 43.1 Å². The maximum atomic E-state index is 14.5. The largest absolute Gasteiger partial charge is 0.492 e. The van der Waals surface area contributed by atoms with Gasteiger partial charge in [-0.25, -0.2) is 4.39 Å². The van der Waals surface area contributed by atoms with Gasteiger partial charge in [-0.15, -0.1) is 0 Å². The lowest BCUT2D eigenvalue weighted by Gasteiger charge is -2.22. The smallest absolute Gasteiger partial charge is 0.306 e. The highest BCUT2D eigenvalue weighted by atomic mass is 19.1. The maximum absolute atomic E-state index is 14.5. The highest BCUT2D eigenvalue weighted by molar-refractivity contribution is 5.85. The van der Waals surface area contributed by atoms with Crippen LogP contribution < -0.4 is 10.1 Å². The molecule has 142 valence electrons. The first-order valence-corrected chi connectivity index (χ1v) is 9.03. The average Bonchev–Trinajstić information content (AvgIpc) is 2.65. The average molecular weight is 371 g/mol. The third kappa shape index (κ3) is 4.92. The summed E-state index contributed by atoms with van der Waals surface area (Å²) in [4.78, 5) is 22.7. The molecule has 0 saturated carbocycles. The zero-order valence-electron chi connectivity index (χ0n) is 14.9. The van der Waals surface area contributed by atoms with Gasteiger partial charge in [0.2, 0.25) is 0 Å². The van der Waals surface area contributed by atoms with E-state index in [1.54, 1.807) is 36.4 Å². The van der Waals surface area contributed by atoms with Crippen molar-refractivity contribution in [2.45, 2.75) is 31.7 Å². The molecule has 0 bridgehead atoms. The van der Waals surface area contributed by atoms with Crippen molar-refractivity contribution < 1.29 is 23.8 Å². The van der Waals surface area contributed by atoms with E-state index in [0.29, 0.717) is 29.7 Å². The summed E-state index contributed by atoms with van der Waals surface area (Å²) in [6.07, 6.45) is 1.80. The van der Waals surface area contributed by atoms with Crippen molar-refractivity contribution in [2.24, 2.45) is 0 Å². The van der Waals surface area contributed by atoms with Gasteiger partial charge in [-0.2, -0.15) is 0 Å². The Balaban J connectivity index is 1.84. The second kappa shape index (κ2) is 8.77. The summed E-state index contributed by atoms with van der Waals surface area (Å²) < 4.78 is 20.1. The lowest BCUT2D eigenvalue weighted by molar-refractivity contribution is -0.137. The molecule has 2 aromatic carbocycles. The van der Waals surface area contributed by atoms with Gasteiger partial charge in [0.1, 0.15) is 17.3 Å². The molecular formula is C21H22FNO4. The monoisotopic (exact) mass is 371 g/mol. The van der Waals surface area contributed by atoms with E-state index in [1.165, 1.54) is 6.07 Å². The molecule has 1 aliphatic heterocycles. The molecule has 5 nitrogen and oxygen atoms in total. The fourth-order valence-electron chi connectivity index (χ4n) is 3.22. The van der Waals surface area contributed by atoms with Crippen molar-refractivity contribution in [2.75, 3.05) is 13.2 Å². The Morgan fingerprint density at radius 2 is 2.04 bits per heavy atom. The van der Waals surface area contributed by atoms with Gasteiger partial charge in [0, 0.05) is 17.5 Å². The fraction of sp³-hybridized carbons (Fsp3) is 0.333. The molecule has 1 heterocycles. The van der Waals surface area contributed by atoms with Crippen LogP contribution in [-0.2, 0) is 16.0 Å². The summed E-state index contributed by atoms with van der Waals surface area (Å²) in [6.45, 7) is 0.818. The molecule has 0 aromatic heterocycles. The molecule has 0 spiro atoms. The highest BCUT2D eigenvalue weighted by Crippen LogP contribution is 2.33. The maximum Gasteiger partial charge on any atom is 0.306 e. The van der Waals surface area contributed by atoms with E-state index in [9.17, 15) is 14.0 Å². The van der Waals surface area contributed by atoms with Gasteiger partial charge in [0.15, 0.2) is 0 Å². The van der Waals surface area contributed by atoms with Crippen molar-refractivity contribution in [1.82, 2.24) is 5.32 Å². The Morgan fingerprint density at radius 3 is 2.81 bits per heavy atom. The Bertz CT molecular complexity index is 837. The summed E-state index contributed by atoms with van der Waals surface area (Å²) in [5.41, 5.74) is 1.80. The number of rotatable bonds is 7. The number of Topliss-reactive ketones (excluding diaryl/α,β-unsaturated/α-hetero) is 1. The van der Waals surface area contributed by atoms with E-state index in [0.717, 1.165) is 18.5 Å². The summed E-state index contributed by atoms with van der Waals surface area (Å²) in [6, 6.07) is 11.5. The van der Waals surface area contributed by atoms with E-state index in [1.807, 2.05) is 0 Å². The number of nitrogens with one attached hydrogen (secondary N) is 1. The predicted octanol–water partition coefficient (Wildman–Crippen LogP) is 3.21. The van der Waals surface area contributed by atoms with Crippen LogP contribution >= 0.6 is 0 Å². The van der Waals surface area contributed by atoms with Gasteiger partial charge < -0.3 is 15.2 Å². The van der Waals surface area contributed by atoms with Crippen molar-refractivity contribution >= 4 is 11.8 Å². The van der Waals surface area contributed by atoms with E-state index in [2.05, 4.69) is 5.32 Å². The van der Waals surface area contributed by atoms with E-state index in [4.69, 9.17) is 9.84 Å². The Kier molecular flexibility index (Phi) is 6.19. The number of halogens is 1. The third-order valence-corrected chi connectivity index (χ3v) is 4.60. The normalized spacial score (nSPS) is 16.9. The first-order valence-electron chi connectivity index (χ1n) is 9.03. The molecule has 2 aromatic rings. The summed E-state index contributed by atoms with van der Waals surface area (Å²) in [7, 11) is 0. The second-order valence-electron chi connectivity index (χ2n) is 6.58. The minimum absolute atomic E-state index is 0.00809. The van der Waals surface area contributed by atoms with Crippen LogP contribution in [0.15, 0.2) is 42.5 Å². The van der Waals surface area contributed by atoms with Crippen LogP contribution in [0.2, 0.25) is 0 Å². The molecule has 2 N–H and O–H groups in total. The fourth-order valence-corrected chi connectivity index (χ4v) is 3.22. The minimum Gasteiger partial charge on any atom is -0.492 e. The van der Waals surface area contributed by atoms with Gasteiger partial charge in [-0.3, -0.25) is 9.59 Å². The van der Waals surface area contributed by atoms with Crippen LogP contribution in [0.25, 0.3) is 11.1 Å². The van der Waals surface area contributed by atoms with Gasteiger partial charge in [0.25, 0.3) is 0 Å². The van der Waals surface area contributed by atoms with E-state index < -0.39 is 11.8 Å². The summed E-state index contributed by atoms with van der Waals surface area (Å²) in [5, 5.41) is 12.0. The molecule has 1 unspecified atom stereocenters. The number of carboxylic acids is 1. The van der Waals surface area contributed by atoms with Crippen LogP contribution in [0.5, 0.6) is 5.75 Å². The topological polar surface area (TPSA) is 75.6 Å². The number of ether oxygens (including phenoxy) is 1. The second-order valence-corrected chi connectivity index (χ2v) is 6.58. The van der Waals surface area contributed by atoms with Gasteiger partial charge in [-0.1, -0.05) is 24.3 Å². The van der Waals surface area contributed by atoms with Crippen molar-refractivity contribution in [3.63, 3.8) is 0 Å². The molecule has 3 rings (SSSR count). The number of aliphatic carboxylic acids is 1. The molecule has 1 saturated heterocycles. The molecule has 6 heteroatoms. The van der Waals surface area contributed by atoms with Crippen LogP contribution in [0.4, 0.5) is 4.39 Å². The zero-order valence-corrected chi connectivity index (χ0v) is 14.9. The van der Waals surface area contributed by atoms with Crippen LogP contribution in [-0.4, -0.2) is 36.1 Å². The lowest BCUT2D eigenvalue weighted by atomic mass is 9.94. The highest BCUT2D eigenvalue weighted by Gasteiger charge is 2.22. The molecular weight excluding hydrogens is 349 g/mol. The van der Waals surface area contributed by atoms with Crippen LogP contribution in [0, 0.1) is 5.82 Å². The SMILES string of the molecule is O=C(O)CCOc1ccccc1-c1cc(CC2NCCCC2=O)ccc1F. The number of ketones is 1. The minimum atomic E-state index is -0.953. The third-order valence-electron chi connectivity index (χ3n) is 4.60. The van der Waals surface area contributed by atoms with E-state index in [-0.39, 0.29) is 24.9 Å². The molecule has 1 fully saturated rings. The molecule has 0 amide bonds.